The van der Waals surface area contributed by atoms with Crippen LogP contribution in [-0.2, 0) is 14.6 Å². The molecule has 0 unspecified atom stereocenters. The third-order valence-corrected chi connectivity index (χ3v) is 1.23. The summed E-state index contributed by atoms with van der Waals surface area (Å²) in [6.07, 6.45) is 4.28. The molecule has 0 bridgehead atoms. The Hall–Kier alpha value is -0.830. The minimum atomic E-state index is -4.34. The molecule has 0 aliphatic carbocycles. The molecule has 0 amide bonds. The third kappa shape index (κ3) is 9.17. The molecule has 0 aromatic carbocycles. The lowest BCUT2D eigenvalue weighted by atomic mass is 10.4. The normalized spacial score (nSPS) is 11.2. The highest BCUT2D eigenvalue weighted by atomic mass is 32.3. The Morgan fingerprint density at radius 3 is 2.75 bits per heavy atom. The van der Waals surface area contributed by atoms with Crippen molar-refractivity contribution in [2.45, 2.75) is 13.3 Å². The first kappa shape index (κ1) is 11.2. The lowest BCUT2D eigenvalue weighted by Gasteiger charge is -1.89. The van der Waals surface area contributed by atoms with E-state index in [1.807, 2.05) is 13.0 Å². The molecule has 0 radical (unpaired) electrons. The summed E-state index contributed by atoms with van der Waals surface area (Å²) in [5, 5.41) is 0. The summed E-state index contributed by atoms with van der Waals surface area (Å²) in [5.41, 5.74) is 0. The molecule has 0 aliphatic heterocycles. The highest BCUT2D eigenvalue weighted by Gasteiger charge is 1.99. The second-order valence-electron chi connectivity index (χ2n) is 1.82. The van der Waals surface area contributed by atoms with E-state index < -0.39 is 10.4 Å². The minimum Gasteiger partial charge on any atom is -0.264 e. The monoisotopic (exact) mass is 190 g/mol. The molecule has 0 aromatic heterocycles. The van der Waals surface area contributed by atoms with Crippen molar-refractivity contribution >= 4 is 10.4 Å². The van der Waals surface area contributed by atoms with Gasteiger partial charge in [0.25, 0.3) is 0 Å². The fraction of sp³-hybridized carbons (Fsp3) is 0.429. The zero-order chi connectivity index (χ0) is 9.45. The van der Waals surface area contributed by atoms with Crippen molar-refractivity contribution in [2.24, 2.45) is 0 Å². The SMILES string of the molecule is CCC=CC#CCOS(=O)(=O)O. The molecule has 0 spiro atoms. The van der Waals surface area contributed by atoms with Gasteiger partial charge < -0.3 is 0 Å². The van der Waals surface area contributed by atoms with Gasteiger partial charge in [-0.2, -0.15) is 8.42 Å². The van der Waals surface area contributed by atoms with E-state index >= 15 is 0 Å². The largest absolute Gasteiger partial charge is 0.398 e. The van der Waals surface area contributed by atoms with Crippen molar-refractivity contribution in [3.8, 4) is 11.8 Å². The van der Waals surface area contributed by atoms with Gasteiger partial charge >= 0.3 is 10.4 Å². The van der Waals surface area contributed by atoms with Crippen LogP contribution in [0.1, 0.15) is 13.3 Å². The first-order valence-corrected chi connectivity index (χ1v) is 4.68. The molecule has 68 valence electrons. The summed E-state index contributed by atoms with van der Waals surface area (Å²) in [6.45, 7) is 1.62. The molecular formula is C7H10O4S. The van der Waals surface area contributed by atoms with Crippen LogP contribution in [0.15, 0.2) is 12.2 Å². The predicted octanol–water partition coefficient (Wildman–Crippen LogP) is 0.775. The van der Waals surface area contributed by atoms with Crippen molar-refractivity contribution in [1.82, 2.24) is 0 Å². The standard InChI is InChI=1S/C7H10O4S/c1-2-3-4-5-6-7-11-12(8,9)10/h3-4H,2,7H2,1H3,(H,8,9,10). The van der Waals surface area contributed by atoms with E-state index in [1.54, 1.807) is 6.08 Å². The van der Waals surface area contributed by atoms with Crippen LogP contribution >= 0.6 is 0 Å². The van der Waals surface area contributed by atoms with E-state index in [4.69, 9.17) is 4.55 Å². The van der Waals surface area contributed by atoms with Crippen LogP contribution in [0.2, 0.25) is 0 Å². The van der Waals surface area contributed by atoms with Crippen molar-refractivity contribution in [2.75, 3.05) is 6.61 Å². The summed E-state index contributed by atoms with van der Waals surface area (Å²) in [7, 11) is -4.34. The van der Waals surface area contributed by atoms with Crippen molar-refractivity contribution in [3.05, 3.63) is 12.2 Å². The highest BCUT2D eigenvalue weighted by molar-refractivity contribution is 7.80. The lowest BCUT2D eigenvalue weighted by Crippen LogP contribution is -2.02. The van der Waals surface area contributed by atoms with E-state index in [1.165, 1.54) is 0 Å². The van der Waals surface area contributed by atoms with Crippen LogP contribution < -0.4 is 0 Å². The van der Waals surface area contributed by atoms with Gasteiger partial charge in [-0.15, -0.1) is 0 Å². The van der Waals surface area contributed by atoms with Gasteiger partial charge in [0.2, 0.25) is 0 Å². The molecule has 0 rings (SSSR count). The fourth-order valence-corrected chi connectivity index (χ4v) is 0.589. The number of allylic oxidation sites excluding steroid dienone is 2. The molecule has 0 heterocycles. The Bertz CT molecular complexity index is 291. The Morgan fingerprint density at radius 1 is 1.58 bits per heavy atom. The van der Waals surface area contributed by atoms with Gasteiger partial charge in [-0.1, -0.05) is 24.8 Å². The molecule has 5 heteroatoms. The van der Waals surface area contributed by atoms with Crippen LogP contribution in [0.25, 0.3) is 0 Å². The Morgan fingerprint density at radius 2 is 2.25 bits per heavy atom. The molecule has 0 aliphatic rings. The first-order valence-electron chi connectivity index (χ1n) is 3.31. The van der Waals surface area contributed by atoms with Crippen molar-refractivity contribution in [3.63, 3.8) is 0 Å². The van der Waals surface area contributed by atoms with Crippen LogP contribution in [-0.4, -0.2) is 19.6 Å². The average Bonchev–Trinajstić information content (AvgIpc) is 1.94. The summed E-state index contributed by atoms with van der Waals surface area (Å²) in [4.78, 5) is 0. The van der Waals surface area contributed by atoms with E-state index in [2.05, 4.69) is 16.0 Å². The van der Waals surface area contributed by atoms with Crippen LogP contribution in [0.3, 0.4) is 0 Å². The number of hydrogen-bond donors (Lipinski definition) is 1. The third-order valence-electron chi connectivity index (χ3n) is 0.819. The Kier molecular flexibility index (Phi) is 5.37. The quantitative estimate of drug-likeness (QED) is 0.527. The Labute approximate surface area is 72.2 Å². The first-order chi connectivity index (χ1) is 5.56. The maximum Gasteiger partial charge on any atom is 0.398 e. The maximum absolute atomic E-state index is 9.97. The van der Waals surface area contributed by atoms with Gasteiger partial charge in [0.1, 0.15) is 6.61 Å². The smallest absolute Gasteiger partial charge is 0.264 e. The van der Waals surface area contributed by atoms with Crippen LogP contribution in [0.5, 0.6) is 0 Å². The highest BCUT2D eigenvalue weighted by Crippen LogP contribution is 1.83. The molecule has 1 N–H and O–H groups in total. The summed E-state index contributed by atoms with van der Waals surface area (Å²) < 4.78 is 31.9. The molecule has 12 heavy (non-hydrogen) atoms. The molecule has 0 saturated carbocycles. The van der Waals surface area contributed by atoms with E-state index in [-0.39, 0.29) is 6.61 Å². The van der Waals surface area contributed by atoms with Crippen molar-refractivity contribution < 1.29 is 17.2 Å². The summed E-state index contributed by atoms with van der Waals surface area (Å²) in [6, 6.07) is 0. The topological polar surface area (TPSA) is 63.6 Å². The number of hydrogen-bond acceptors (Lipinski definition) is 3. The maximum atomic E-state index is 9.97. The van der Waals surface area contributed by atoms with Gasteiger partial charge in [-0.25, -0.2) is 4.18 Å². The van der Waals surface area contributed by atoms with Gasteiger partial charge in [0.15, 0.2) is 0 Å². The van der Waals surface area contributed by atoms with Crippen LogP contribution in [0, 0.1) is 11.8 Å². The summed E-state index contributed by atoms with van der Waals surface area (Å²) in [5.74, 6) is 4.91. The van der Waals surface area contributed by atoms with Gasteiger partial charge in [-0.05, 0) is 12.5 Å². The number of rotatable bonds is 3. The second-order valence-corrected chi connectivity index (χ2v) is 2.91. The van der Waals surface area contributed by atoms with Gasteiger partial charge in [-0.3, -0.25) is 4.55 Å². The van der Waals surface area contributed by atoms with Gasteiger partial charge in [0.05, 0.1) is 0 Å². The van der Waals surface area contributed by atoms with E-state index in [9.17, 15) is 8.42 Å². The minimum absolute atomic E-state index is 0.327. The summed E-state index contributed by atoms with van der Waals surface area (Å²) >= 11 is 0. The average molecular weight is 190 g/mol. The molecular weight excluding hydrogens is 180 g/mol. The van der Waals surface area contributed by atoms with Crippen LogP contribution in [0.4, 0.5) is 0 Å². The second kappa shape index (κ2) is 5.77. The molecule has 0 saturated heterocycles. The Balaban J connectivity index is 3.67. The van der Waals surface area contributed by atoms with Gasteiger partial charge in [0, 0.05) is 0 Å². The molecule has 0 aromatic rings. The zero-order valence-corrected chi connectivity index (χ0v) is 7.47. The molecule has 0 atom stereocenters. The van der Waals surface area contributed by atoms with E-state index in [0.29, 0.717) is 0 Å². The lowest BCUT2D eigenvalue weighted by molar-refractivity contribution is 0.300. The predicted molar refractivity (Wildman–Crippen MR) is 44.7 cm³/mol. The van der Waals surface area contributed by atoms with Crippen molar-refractivity contribution in [1.29, 1.82) is 0 Å². The molecule has 0 fully saturated rings. The zero-order valence-electron chi connectivity index (χ0n) is 6.65. The van der Waals surface area contributed by atoms with E-state index in [0.717, 1.165) is 6.42 Å². The fourth-order valence-electron chi connectivity index (χ4n) is 0.381. The molecule has 4 nitrogen and oxygen atoms in total.